The Hall–Kier alpha value is -0.660. The third kappa shape index (κ3) is 6.93. The molecule has 0 aliphatic carbocycles. The number of hydrogen-bond donors (Lipinski definition) is 1. The number of rotatable bonds is 9. The van der Waals surface area contributed by atoms with Crippen LogP contribution in [0.15, 0.2) is 11.9 Å². The van der Waals surface area contributed by atoms with Gasteiger partial charge in [0, 0.05) is 11.6 Å². The molecular formula is C16H30FN. The molecule has 2 heteroatoms. The van der Waals surface area contributed by atoms with Crippen molar-refractivity contribution < 1.29 is 4.39 Å². The Morgan fingerprint density at radius 1 is 1.17 bits per heavy atom. The summed E-state index contributed by atoms with van der Waals surface area (Å²) in [5, 5.41) is 7.87. The topological polar surface area (TPSA) is 23.9 Å². The standard InChI is InChI=1S/C16H30FN/c1-6-8-14(16(17)9-7-2)11-15(13(5)18)10-12(3)4/h9,12,14-15,18H,6-8,10-11H2,1-5H3/b16-9+,18-13?. The van der Waals surface area contributed by atoms with Crippen LogP contribution >= 0.6 is 0 Å². The van der Waals surface area contributed by atoms with Crippen molar-refractivity contribution in [2.45, 2.75) is 66.7 Å². The summed E-state index contributed by atoms with van der Waals surface area (Å²) in [5.74, 6) is 0.849. The Morgan fingerprint density at radius 2 is 1.78 bits per heavy atom. The second kappa shape index (κ2) is 9.29. The van der Waals surface area contributed by atoms with Crippen LogP contribution in [0.3, 0.4) is 0 Å². The molecule has 1 nitrogen and oxygen atoms in total. The molecular weight excluding hydrogens is 225 g/mol. The molecule has 18 heavy (non-hydrogen) atoms. The predicted molar refractivity (Wildman–Crippen MR) is 78.8 cm³/mol. The maximum Gasteiger partial charge on any atom is 0.0990 e. The molecule has 0 rings (SSSR count). The first-order chi connectivity index (χ1) is 8.42. The summed E-state index contributed by atoms with van der Waals surface area (Å²) in [7, 11) is 0. The first-order valence-electron chi connectivity index (χ1n) is 7.32. The van der Waals surface area contributed by atoms with Gasteiger partial charge in [-0.1, -0.05) is 40.2 Å². The monoisotopic (exact) mass is 255 g/mol. The zero-order valence-corrected chi connectivity index (χ0v) is 12.7. The summed E-state index contributed by atoms with van der Waals surface area (Å²) in [6, 6.07) is 0. The number of nitrogens with one attached hydrogen (secondary N) is 1. The molecule has 0 radical (unpaired) electrons. The molecule has 0 spiro atoms. The fraction of sp³-hybridized carbons (Fsp3) is 0.812. The van der Waals surface area contributed by atoms with E-state index in [0.717, 1.165) is 32.1 Å². The quantitative estimate of drug-likeness (QED) is 0.507. The van der Waals surface area contributed by atoms with Crippen LogP contribution in [0, 0.1) is 23.2 Å². The Labute approximate surface area is 112 Å². The van der Waals surface area contributed by atoms with E-state index in [1.165, 1.54) is 0 Å². The lowest BCUT2D eigenvalue weighted by molar-refractivity contribution is 0.351. The molecule has 0 aliphatic rings. The first-order valence-corrected chi connectivity index (χ1v) is 7.32. The number of allylic oxidation sites excluding steroid dienone is 2. The summed E-state index contributed by atoms with van der Waals surface area (Å²) in [6.45, 7) is 10.3. The lowest BCUT2D eigenvalue weighted by Gasteiger charge is -2.23. The summed E-state index contributed by atoms with van der Waals surface area (Å²) in [5.41, 5.74) is 0.703. The Balaban J connectivity index is 4.70. The van der Waals surface area contributed by atoms with Crippen LogP contribution in [0.1, 0.15) is 66.7 Å². The molecule has 0 saturated carbocycles. The van der Waals surface area contributed by atoms with Gasteiger partial charge in [-0.3, -0.25) is 0 Å². The second-order valence-electron chi connectivity index (χ2n) is 5.73. The zero-order valence-electron chi connectivity index (χ0n) is 12.7. The number of hydrogen-bond acceptors (Lipinski definition) is 1. The van der Waals surface area contributed by atoms with E-state index in [-0.39, 0.29) is 17.7 Å². The Kier molecular flexibility index (Phi) is 8.95. The molecule has 0 amide bonds. The van der Waals surface area contributed by atoms with Crippen molar-refractivity contribution in [2.24, 2.45) is 17.8 Å². The highest BCUT2D eigenvalue weighted by Crippen LogP contribution is 2.30. The van der Waals surface area contributed by atoms with E-state index in [1.807, 2.05) is 13.8 Å². The largest absolute Gasteiger partial charge is 0.310 e. The Morgan fingerprint density at radius 3 is 2.17 bits per heavy atom. The minimum absolute atomic E-state index is 0.0130. The third-order valence-corrected chi connectivity index (χ3v) is 3.36. The van der Waals surface area contributed by atoms with E-state index >= 15 is 0 Å². The van der Waals surface area contributed by atoms with Crippen LogP contribution in [0.2, 0.25) is 0 Å². The minimum atomic E-state index is 0.0130. The van der Waals surface area contributed by atoms with Gasteiger partial charge in [-0.2, -0.15) is 0 Å². The summed E-state index contributed by atoms with van der Waals surface area (Å²) < 4.78 is 14.0. The van der Waals surface area contributed by atoms with E-state index in [9.17, 15) is 4.39 Å². The first kappa shape index (κ1) is 17.3. The molecule has 0 heterocycles. The van der Waals surface area contributed by atoms with Crippen molar-refractivity contribution in [3.63, 3.8) is 0 Å². The van der Waals surface area contributed by atoms with Crippen molar-refractivity contribution in [3.8, 4) is 0 Å². The third-order valence-electron chi connectivity index (χ3n) is 3.36. The fourth-order valence-electron chi connectivity index (χ4n) is 2.44. The zero-order chi connectivity index (χ0) is 14.1. The van der Waals surface area contributed by atoms with Crippen LogP contribution in [0.25, 0.3) is 0 Å². The molecule has 0 aromatic heterocycles. The second-order valence-corrected chi connectivity index (χ2v) is 5.73. The lowest BCUT2D eigenvalue weighted by atomic mass is 9.83. The molecule has 0 fully saturated rings. The average Bonchev–Trinajstić information content (AvgIpc) is 2.26. The van der Waals surface area contributed by atoms with Gasteiger partial charge < -0.3 is 5.41 Å². The van der Waals surface area contributed by atoms with E-state index in [2.05, 4.69) is 20.8 Å². The van der Waals surface area contributed by atoms with Crippen LogP contribution in [-0.2, 0) is 0 Å². The van der Waals surface area contributed by atoms with Gasteiger partial charge in [-0.15, -0.1) is 0 Å². The van der Waals surface area contributed by atoms with Crippen LogP contribution in [-0.4, -0.2) is 5.71 Å². The Bertz CT molecular complexity index is 268. The van der Waals surface area contributed by atoms with Gasteiger partial charge in [0.25, 0.3) is 0 Å². The molecule has 2 atom stereocenters. The van der Waals surface area contributed by atoms with Crippen LogP contribution < -0.4 is 0 Å². The molecule has 0 bridgehead atoms. The summed E-state index contributed by atoms with van der Waals surface area (Å²) >= 11 is 0. The SMILES string of the molecule is CC/C=C(/F)C(CCC)CC(CC(C)C)C(C)=N. The lowest BCUT2D eigenvalue weighted by Crippen LogP contribution is -2.18. The van der Waals surface area contributed by atoms with Gasteiger partial charge in [-0.25, -0.2) is 4.39 Å². The normalized spacial score (nSPS) is 15.8. The van der Waals surface area contributed by atoms with Gasteiger partial charge in [0.15, 0.2) is 0 Å². The molecule has 0 aliphatic heterocycles. The molecule has 1 N–H and O–H groups in total. The van der Waals surface area contributed by atoms with E-state index < -0.39 is 0 Å². The smallest absolute Gasteiger partial charge is 0.0990 e. The molecule has 0 aromatic carbocycles. The van der Waals surface area contributed by atoms with Gasteiger partial charge in [0.2, 0.25) is 0 Å². The van der Waals surface area contributed by atoms with Gasteiger partial charge in [0.1, 0.15) is 0 Å². The molecule has 0 saturated heterocycles. The van der Waals surface area contributed by atoms with Crippen molar-refractivity contribution in [1.82, 2.24) is 0 Å². The van der Waals surface area contributed by atoms with Crippen molar-refractivity contribution >= 4 is 5.71 Å². The highest BCUT2D eigenvalue weighted by atomic mass is 19.1. The van der Waals surface area contributed by atoms with Gasteiger partial charge in [-0.05, 0) is 44.4 Å². The summed E-state index contributed by atoms with van der Waals surface area (Å²) in [6.07, 6.45) is 6.14. The predicted octanol–water partition coefficient (Wildman–Crippen LogP) is 5.76. The minimum Gasteiger partial charge on any atom is -0.310 e. The van der Waals surface area contributed by atoms with Crippen molar-refractivity contribution in [3.05, 3.63) is 11.9 Å². The summed E-state index contributed by atoms with van der Waals surface area (Å²) in [4.78, 5) is 0. The average molecular weight is 255 g/mol. The molecule has 2 unspecified atom stereocenters. The maximum absolute atomic E-state index is 14.0. The van der Waals surface area contributed by atoms with Gasteiger partial charge in [0.05, 0.1) is 5.83 Å². The van der Waals surface area contributed by atoms with Crippen molar-refractivity contribution in [2.75, 3.05) is 0 Å². The number of halogens is 1. The highest BCUT2D eigenvalue weighted by Gasteiger charge is 2.21. The van der Waals surface area contributed by atoms with E-state index in [4.69, 9.17) is 5.41 Å². The van der Waals surface area contributed by atoms with Gasteiger partial charge >= 0.3 is 0 Å². The van der Waals surface area contributed by atoms with Crippen LogP contribution in [0.4, 0.5) is 4.39 Å². The molecule has 0 aromatic rings. The van der Waals surface area contributed by atoms with E-state index in [0.29, 0.717) is 11.6 Å². The van der Waals surface area contributed by atoms with E-state index in [1.54, 1.807) is 6.08 Å². The van der Waals surface area contributed by atoms with Crippen LogP contribution in [0.5, 0.6) is 0 Å². The fourth-order valence-corrected chi connectivity index (χ4v) is 2.44. The maximum atomic E-state index is 14.0. The van der Waals surface area contributed by atoms with Crippen molar-refractivity contribution in [1.29, 1.82) is 5.41 Å². The highest BCUT2D eigenvalue weighted by molar-refractivity contribution is 5.81. The molecule has 106 valence electrons.